The summed E-state index contributed by atoms with van der Waals surface area (Å²) in [6.07, 6.45) is 2.19. The number of benzene rings is 1. The van der Waals surface area contributed by atoms with Crippen LogP contribution in [-0.4, -0.2) is 34.0 Å². The third-order valence-corrected chi connectivity index (χ3v) is 5.34. The van der Waals surface area contributed by atoms with Crippen LogP contribution in [0.25, 0.3) is 0 Å². The fourth-order valence-electron chi connectivity index (χ4n) is 3.45. The molecular formula is C17H21ClN2O3. The fraction of sp³-hybridized carbons (Fsp3) is 0.529. The molecule has 5 nitrogen and oxygen atoms in total. The van der Waals surface area contributed by atoms with Crippen LogP contribution in [0.15, 0.2) is 24.3 Å². The molecule has 1 aromatic carbocycles. The van der Waals surface area contributed by atoms with E-state index in [0.29, 0.717) is 29.3 Å². The van der Waals surface area contributed by atoms with Gasteiger partial charge >= 0.3 is 6.03 Å². The van der Waals surface area contributed by atoms with Crippen LogP contribution in [-0.2, 0) is 4.79 Å². The first-order chi connectivity index (χ1) is 10.9. The number of nitrogens with one attached hydrogen (secondary N) is 1. The van der Waals surface area contributed by atoms with E-state index in [9.17, 15) is 14.7 Å². The molecule has 1 aromatic rings. The molecule has 1 spiro atoms. The molecule has 3 amide bonds. The van der Waals surface area contributed by atoms with Gasteiger partial charge in [-0.25, -0.2) is 4.79 Å². The number of urea groups is 1. The molecule has 0 aromatic heterocycles. The van der Waals surface area contributed by atoms with Gasteiger partial charge in [-0.05, 0) is 37.7 Å². The standard InChI is InChI=1S/C17H21ClN2O3/c1-11-6-8-17(9-7-11)15(22)20(16(23)19-17)10-14(21)12-4-2-3-5-13(12)18/h2-5,11,14,21H,6-10H2,1H3,(H,19,23)/t11?,14-,17?/m0/s1. The molecule has 1 heterocycles. The summed E-state index contributed by atoms with van der Waals surface area (Å²) in [6, 6.07) is 6.49. The van der Waals surface area contributed by atoms with Crippen molar-refractivity contribution in [3.8, 4) is 0 Å². The molecule has 1 aliphatic heterocycles. The predicted molar refractivity (Wildman–Crippen MR) is 87.0 cm³/mol. The lowest BCUT2D eigenvalue weighted by Crippen LogP contribution is -2.49. The van der Waals surface area contributed by atoms with E-state index >= 15 is 0 Å². The van der Waals surface area contributed by atoms with Gasteiger partial charge in [0, 0.05) is 10.6 Å². The Balaban J connectivity index is 1.75. The Bertz CT molecular complexity index is 626. The minimum Gasteiger partial charge on any atom is -0.386 e. The van der Waals surface area contributed by atoms with Gasteiger partial charge in [0.15, 0.2) is 0 Å². The van der Waals surface area contributed by atoms with E-state index in [0.717, 1.165) is 17.7 Å². The van der Waals surface area contributed by atoms with E-state index in [1.807, 2.05) is 0 Å². The van der Waals surface area contributed by atoms with Gasteiger partial charge in [0.25, 0.3) is 5.91 Å². The molecule has 2 N–H and O–H groups in total. The summed E-state index contributed by atoms with van der Waals surface area (Å²) in [5.41, 5.74) is -0.253. The van der Waals surface area contributed by atoms with E-state index < -0.39 is 17.7 Å². The highest BCUT2D eigenvalue weighted by Crippen LogP contribution is 2.37. The van der Waals surface area contributed by atoms with Gasteiger partial charge in [-0.2, -0.15) is 0 Å². The van der Waals surface area contributed by atoms with Crippen LogP contribution < -0.4 is 5.32 Å². The van der Waals surface area contributed by atoms with E-state index in [1.54, 1.807) is 24.3 Å². The van der Waals surface area contributed by atoms with Crippen LogP contribution in [0.4, 0.5) is 4.79 Å². The second-order valence-electron chi connectivity index (χ2n) is 6.65. The van der Waals surface area contributed by atoms with Crippen LogP contribution in [0, 0.1) is 5.92 Å². The molecule has 2 fully saturated rings. The Kier molecular flexibility index (Phi) is 4.34. The smallest absolute Gasteiger partial charge is 0.325 e. The summed E-state index contributed by atoms with van der Waals surface area (Å²) in [5.74, 6) is 0.355. The number of halogens is 1. The second kappa shape index (κ2) is 6.13. The van der Waals surface area contributed by atoms with Gasteiger partial charge in [0.2, 0.25) is 0 Å². The van der Waals surface area contributed by atoms with Gasteiger partial charge in [-0.1, -0.05) is 36.7 Å². The van der Waals surface area contributed by atoms with Crippen molar-refractivity contribution in [3.63, 3.8) is 0 Å². The van der Waals surface area contributed by atoms with Crippen molar-refractivity contribution < 1.29 is 14.7 Å². The van der Waals surface area contributed by atoms with Crippen LogP contribution in [0.2, 0.25) is 5.02 Å². The lowest BCUT2D eigenvalue weighted by atomic mass is 9.77. The third-order valence-electron chi connectivity index (χ3n) is 4.99. The van der Waals surface area contributed by atoms with Crippen LogP contribution >= 0.6 is 11.6 Å². The van der Waals surface area contributed by atoms with Crippen molar-refractivity contribution in [2.24, 2.45) is 5.92 Å². The molecule has 0 bridgehead atoms. The maximum absolute atomic E-state index is 12.7. The Morgan fingerprint density at radius 1 is 1.35 bits per heavy atom. The topological polar surface area (TPSA) is 69.6 Å². The van der Waals surface area contributed by atoms with Crippen molar-refractivity contribution in [2.75, 3.05) is 6.54 Å². The average molecular weight is 337 g/mol. The van der Waals surface area contributed by atoms with E-state index in [1.165, 1.54) is 0 Å². The molecule has 1 atom stereocenters. The number of β-amino-alcohol motifs (C(OH)–C–C–N with tert-alkyl or cyclic N) is 1. The van der Waals surface area contributed by atoms with Gasteiger partial charge < -0.3 is 10.4 Å². The third kappa shape index (κ3) is 2.95. The normalized spacial score (nSPS) is 29.0. The predicted octanol–water partition coefficient (Wildman–Crippen LogP) is 2.87. The summed E-state index contributed by atoms with van der Waals surface area (Å²) in [5, 5.41) is 13.6. The van der Waals surface area contributed by atoms with Crippen molar-refractivity contribution in [2.45, 2.75) is 44.2 Å². The van der Waals surface area contributed by atoms with Crippen molar-refractivity contribution in [1.82, 2.24) is 10.2 Å². The lowest BCUT2D eigenvalue weighted by molar-refractivity contribution is -0.133. The maximum Gasteiger partial charge on any atom is 0.325 e. The fourth-order valence-corrected chi connectivity index (χ4v) is 3.71. The number of imide groups is 1. The number of hydrogen-bond acceptors (Lipinski definition) is 3. The lowest BCUT2D eigenvalue weighted by Gasteiger charge is -2.33. The molecule has 0 unspecified atom stereocenters. The van der Waals surface area contributed by atoms with Crippen molar-refractivity contribution >= 4 is 23.5 Å². The molecule has 1 saturated heterocycles. The molecule has 0 radical (unpaired) electrons. The SMILES string of the molecule is CC1CCC2(CC1)NC(=O)N(C[C@H](O)c1ccccc1Cl)C2=O. The summed E-state index contributed by atoms with van der Waals surface area (Å²) >= 11 is 6.07. The van der Waals surface area contributed by atoms with Crippen LogP contribution in [0.5, 0.6) is 0 Å². The molecular weight excluding hydrogens is 316 g/mol. The molecule has 6 heteroatoms. The monoisotopic (exact) mass is 336 g/mol. The van der Waals surface area contributed by atoms with Gasteiger partial charge in [-0.15, -0.1) is 0 Å². The molecule has 2 aliphatic rings. The molecule has 3 rings (SSSR count). The number of aliphatic hydroxyl groups excluding tert-OH is 1. The number of nitrogens with zero attached hydrogens (tertiary/aromatic N) is 1. The van der Waals surface area contributed by atoms with E-state index in [4.69, 9.17) is 11.6 Å². The number of amides is 3. The Hall–Kier alpha value is -1.59. The highest BCUT2D eigenvalue weighted by atomic mass is 35.5. The molecule has 1 saturated carbocycles. The Morgan fingerprint density at radius 2 is 2.00 bits per heavy atom. The number of carbonyl (C=O) groups is 2. The zero-order valence-electron chi connectivity index (χ0n) is 13.1. The number of rotatable bonds is 3. The summed E-state index contributed by atoms with van der Waals surface area (Å²) in [6.45, 7) is 2.08. The van der Waals surface area contributed by atoms with E-state index in [-0.39, 0.29) is 12.5 Å². The number of aliphatic hydroxyl groups is 1. The molecule has 124 valence electrons. The summed E-state index contributed by atoms with van der Waals surface area (Å²) in [4.78, 5) is 26.1. The summed E-state index contributed by atoms with van der Waals surface area (Å²) < 4.78 is 0. The van der Waals surface area contributed by atoms with Gasteiger partial charge in [-0.3, -0.25) is 9.69 Å². The Labute approximate surface area is 140 Å². The average Bonchev–Trinajstić information content (AvgIpc) is 2.75. The quantitative estimate of drug-likeness (QED) is 0.834. The highest BCUT2D eigenvalue weighted by molar-refractivity contribution is 6.31. The first-order valence-corrected chi connectivity index (χ1v) is 8.37. The number of hydrogen-bond donors (Lipinski definition) is 2. The van der Waals surface area contributed by atoms with Crippen LogP contribution in [0.3, 0.4) is 0 Å². The minimum absolute atomic E-state index is 0.0777. The minimum atomic E-state index is -0.990. The van der Waals surface area contributed by atoms with Gasteiger partial charge in [0.1, 0.15) is 5.54 Å². The van der Waals surface area contributed by atoms with Crippen molar-refractivity contribution in [3.05, 3.63) is 34.9 Å². The van der Waals surface area contributed by atoms with Gasteiger partial charge in [0.05, 0.1) is 12.6 Å². The maximum atomic E-state index is 12.7. The second-order valence-corrected chi connectivity index (χ2v) is 7.06. The van der Waals surface area contributed by atoms with Crippen LogP contribution in [0.1, 0.15) is 44.3 Å². The summed E-state index contributed by atoms with van der Waals surface area (Å²) in [7, 11) is 0. The largest absolute Gasteiger partial charge is 0.386 e. The highest BCUT2D eigenvalue weighted by Gasteiger charge is 2.52. The zero-order valence-corrected chi connectivity index (χ0v) is 13.8. The van der Waals surface area contributed by atoms with Crippen molar-refractivity contribution in [1.29, 1.82) is 0 Å². The Morgan fingerprint density at radius 3 is 2.65 bits per heavy atom. The molecule has 1 aliphatic carbocycles. The first-order valence-electron chi connectivity index (χ1n) is 7.99. The van der Waals surface area contributed by atoms with E-state index in [2.05, 4.69) is 12.2 Å². The molecule has 23 heavy (non-hydrogen) atoms. The first kappa shape index (κ1) is 16.3. The zero-order chi connectivity index (χ0) is 16.6. The number of carbonyl (C=O) groups excluding carboxylic acids is 2.